The van der Waals surface area contributed by atoms with Crippen LogP contribution in [0, 0.1) is 0 Å². The highest BCUT2D eigenvalue weighted by atomic mass is 35.5. The topological polar surface area (TPSA) is 56.8 Å². The summed E-state index contributed by atoms with van der Waals surface area (Å²) in [5.41, 5.74) is 0.504. The molecule has 0 aromatic heterocycles. The SMILES string of the molecule is CCCCCOc1ccc(OCC(=O)Nc2cc(Cl)ccc2OC)cc1. The van der Waals surface area contributed by atoms with E-state index in [9.17, 15) is 4.79 Å². The molecule has 0 radical (unpaired) electrons. The molecule has 2 rings (SSSR count). The molecule has 0 aliphatic rings. The van der Waals surface area contributed by atoms with Gasteiger partial charge in [0.1, 0.15) is 17.2 Å². The number of rotatable bonds is 10. The Hall–Kier alpha value is -2.40. The molecule has 2 aromatic rings. The molecule has 0 saturated carbocycles. The largest absolute Gasteiger partial charge is 0.495 e. The van der Waals surface area contributed by atoms with Crippen molar-refractivity contribution < 1.29 is 19.0 Å². The van der Waals surface area contributed by atoms with E-state index in [0.29, 0.717) is 28.8 Å². The Kier molecular flexibility index (Phi) is 8.09. The maximum absolute atomic E-state index is 12.1. The van der Waals surface area contributed by atoms with E-state index in [1.54, 1.807) is 30.3 Å². The van der Waals surface area contributed by atoms with Gasteiger partial charge in [0.2, 0.25) is 0 Å². The second-order valence-corrected chi connectivity index (χ2v) is 6.14. The Labute approximate surface area is 159 Å². The fourth-order valence-corrected chi connectivity index (χ4v) is 2.46. The van der Waals surface area contributed by atoms with Gasteiger partial charge in [-0.1, -0.05) is 31.4 Å². The molecule has 0 bridgehead atoms. The predicted molar refractivity (Wildman–Crippen MR) is 104 cm³/mol. The third kappa shape index (κ3) is 6.48. The lowest BCUT2D eigenvalue weighted by atomic mass is 10.3. The van der Waals surface area contributed by atoms with Gasteiger partial charge in [0, 0.05) is 5.02 Å². The van der Waals surface area contributed by atoms with Crippen LogP contribution in [-0.2, 0) is 4.79 Å². The first-order chi connectivity index (χ1) is 12.6. The number of nitrogens with one attached hydrogen (secondary N) is 1. The summed E-state index contributed by atoms with van der Waals surface area (Å²) in [4.78, 5) is 12.1. The second kappa shape index (κ2) is 10.6. The van der Waals surface area contributed by atoms with Gasteiger partial charge in [-0.2, -0.15) is 0 Å². The van der Waals surface area contributed by atoms with E-state index in [0.717, 1.165) is 18.6 Å². The van der Waals surface area contributed by atoms with Crippen LogP contribution < -0.4 is 19.5 Å². The highest BCUT2D eigenvalue weighted by molar-refractivity contribution is 6.31. The van der Waals surface area contributed by atoms with E-state index in [-0.39, 0.29) is 12.5 Å². The van der Waals surface area contributed by atoms with Crippen LogP contribution in [0.25, 0.3) is 0 Å². The third-order valence-corrected chi connectivity index (χ3v) is 3.88. The first kappa shape index (κ1) is 19.9. The average molecular weight is 378 g/mol. The van der Waals surface area contributed by atoms with E-state index in [1.165, 1.54) is 13.5 Å². The van der Waals surface area contributed by atoms with Crippen molar-refractivity contribution >= 4 is 23.2 Å². The van der Waals surface area contributed by atoms with Crippen LogP contribution in [0.1, 0.15) is 26.2 Å². The molecule has 2 aromatic carbocycles. The maximum atomic E-state index is 12.1. The Bertz CT molecular complexity index is 703. The molecule has 6 heteroatoms. The molecular formula is C20H24ClNO4. The summed E-state index contributed by atoms with van der Waals surface area (Å²) in [5, 5.41) is 3.24. The van der Waals surface area contributed by atoms with Gasteiger partial charge in [0.25, 0.3) is 5.91 Å². The molecule has 0 unspecified atom stereocenters. The fraction of sp³-hybridized carbons (Fsp3) is 0.350. The number of carbonyl (C=O) groups excluding carboxylic acids is 1. The van der Waals surface area contributed by atoms with Crippen molar-refractivity contribution in [3.05, 3.63) is 47.5 Å². The molecule has 26 heavy (non-hydrogen) atoms. The lowest BCUT2D eigenvalue weighted by Gasteiger charge is -2.11. The first-order valence-corrected chi connectivity index (χ1v) is 8.99. The Morgan fingerprint density at radius 1 is 1.04 bits per heavy atom. The Morgan fingerprint density at radius 3 is 2.38 bits per heavy atom. The normalized spacial score (nSPS) is 10.3. The number of hydrogen-bond acceptors (Lipinski definition) is 4. The van der Waals surface area contributed by atoms with Crippen molar-refractivity contribution in [2.75, 3.05) is 25.6 Å². The van der Waals surface area contributed by atoms with E-state index < -0.39 is 0 Å². The van der Waals surface area contributed by atoms with Crippen LogP contribution >= 0.6 is 11.6 Å². The predicted octanol–water partition coefficient (Wildman–Crippen LogP) is 4.94. The third-order valence-electron chi connectivity index (χ3n) is 3.65. The molecule has 5 nitrogen and oxygen atoms in total. The number of hydrogen-bond donors (Lipinski definition) is 1. The molecule has 0 spiro atoms. The standard InChI is InChI=1S/C20H24ClNO4/c1-3-4-5-12-25-16-7-9-17(10-8-16)26-14-20(23)22-18-13-15(21)6-11-19(18)24-2/h6-11,13H,3-5,12,14H2,1-2H3,(H,22,23). The van der Waals surface area contributed by atoms with Crippen LogP contribution in [0.4, 0.5) is 5.69 Å². The van der Waals surface area contributed by atoms with Gasteiger partial charge in [-0.15, -0.1) is 0 Å². The number of carbonyl (C=O) groups is 1. The number of methoxy groups -OCH3 is 1. The smallest absolute Gasteiger partial charge is 0.262 e. The molecule has 0 aliphatic heterocycles. The lowest BCUT2D eigenvalue weighted by molar-refractivity contribution is -0.118. The summed E-state index contributed by atoms with van der Waals surface area (Å²) in [6.45, 7) is 2.75. The fourth-order valence-electron chi connectivity index (χ4n) is 2.29. The summed E-state index contributed by atoms with van der Waals surface area (Å²) in [6.07, 6.45) is 3.37. The Balaban J connectivity index is 1.81. The van der Waals surface area contributed by atoms with E-state index in [4.69, 9.17) is 25.8 Å². The zero-order valence-corrected chi connectivity index (χ0v) is 15.8. The number of benzene rings is 2. The van der Waals surface area contributed by atoms with Crippen molar-refractivity contribution in [3.63, 3.8) is 0 Å². The van der Waals surface area contributed by atoms with Crippen molar-refractivity contribution in [1.82, 2.24) is 0 Å². The van der Waals surface area contributed by atoms with Crippen molar-refractivity contribution in [2.24, 2.45) is 0 Å². The highest BCUT2D eigenvalue weighted by Crippen LogP contribution is 2.27. The number of amides is 1. The molecule has 0 saturated heterocycles. The minimum atomic E-state index is -0.301. The molecule has 0 aliphatic carbocycles. The van der Waals surface area contributed by atoms with Gasteiger partial charge in [0.05, 0.1) is 19.4 Å². The molecule has 140 valence electrons. The maximum Gasteiger partial charge on any atom is 0.262 e. The average Bonchev–Trinajstić information content (AvgIpc) is 2.65. The number of unbranched alkanes of at least 4 members (excludes halogenated alkanes) is 2. The van der Waals surface area contributed by atoms with E-state index >= 15 is 0 Å². The number of ether oxygens (including phenoxy) is 3. The minimum Gasteiger partial charge on any atom is -0.495 e. The van der Waals surface area contributed by atoms with Crippen LogP contribution in [0.2, 0.25) is 5.02 Å². The molecule has 0 heterocycles. The van der Waals surface area contributed by atoms with Crippen LogP contribution in [-0.4, -0.2) is 26.2 Å². The zero-order valence-electron chi connectivity index (χ0n) is 15.1. The monoisotopic (exact) mass is 377 g/mol. The van der Waals surface area contributed by atoms with Gasteiger partial charge >= 0.3 is 0 Å². The highest BCUT2D eigenvalue weighted by Gasteiger charge is 2.09. The van der Waals surface area contributed by atoms with E-state index in [1.807, 2.05) is 12.1 Å². The first-order valence-electron chi connectivity index (χ1n) is 8.61. The summed E-state index contributed by atoms with van der Waals surface area (Å²) in [6, 6.07) is 12.2. The van der Waals surface area contributed by atoms with Crippen LogP contribution in [0.15, 0.2) is 42.5 Å². The molecule has 1 N–H and O–H groups in total. The second-order valence-electron chi connectivity index (χ2n) is 5.71. The summed E-state index contributed by atoms with van der Waals surface area (Å²) < 4.78 is 16.3. The molecule has 0 atom stereocenters. The van der Waals surface area contributed by atoms with E-state index in [2.05, 4.69) is 12.2 Å². The van der Waals surface area contributed by atoms with Crippen molar-refractivity contribution in [1.29, 1.82) is 0 Å². The molecular weight excluding hydrogens is 354 g/mol. The van der Waals surface area contributed by atoms with Crippen LogP contribution in [0.3, 0.4) is 0 Å². The van der Waals surface area contributed by atoms with Gasteiger partial charge in [0.15, 0.2) is 6.61 Å². The lowest BCUT2D eigenvalue weighted by Crippen LogP contribution is -2.20. The summed E-state index contributed by atoms with van der Waals surface area (Å²) in [7, 11) is 1.53. The molecule has 1 amide bonds. The zero-order chi connectivity index (χ0) is 18.8. The van der Waals surface area contributed by atoms with Crippen LogP contribution in [0.5, 0.6) is 17.2 Å². The van der Waals surface area contributed by atoms with Crippen molar-refractivity contribution in [2.45, 2.75) is 26.2 Å². The van der Waals surface area contributed by atoms with Gasteiger partial charge < -0.3 is 19.5 Å². The summed E-state index contributed by atoms with van der Waals surface area (Å²) in [5.74, 6) is 1.62. The van der Waals surface area contributed by atoms with Gasteiger partial charge in [-0.25, -0.2) is 0 Å². The van der Waals surface area contributed by atoms with Gasteiger partial charge in [-0.05, 0) is 48.9 Å². The number of halogens is 1. The minimum absolute atomic E-state index is 0.119. The molecule has 0 fully saturated rings. The van der Waals surface area contributed by atoms with Gasteiger partial charge in [-0.3, -0.25) is 4.79 Å². The Morgan fingerprint density at radius 2 is 1.73 bits per heavy atom. The number of anilines is 1. The summed E-state index contributed by atoms with van der Waals surface area (Å²) >= 11 is 5.95. The quantitative estimate of drug-likeness (QED) is 0.596. The van der Waals surface area contributed by atoms with Crippen molar-refractivity contribution in [3.8, 4) is 17.2 Å².